The second-order valence-electron chi connectivity index (χ2n) is 9.44. The van der Waals surface area contributed by atoms with E-state index in [9.17, 15) is 13.2 Å². The molecule has 168 valence electrons. The lowest BCUT2D eigenvalue weighted by Crippen LogP contribution is -2.47. The van der Waals surface area contributed by atoms with Crippen molar-refractivity contribution in [2.45, 2.75) is 53.4 Å². The van der Waals surface area contributed by atoms with Crippen LogP contribution in [0.5, 0.6) is 0 Å². The van der Waals surface area contributed by atoms with Gasteiger partial charge in [0.2, 0.25) is 5.91 Å². The highest BCUT2D eigenvalue weighted by Gasteiger charge is 2.37. The zero-order valence-corrected chi connectivity index (χ0v) is 19.8. The molecule has 0 aromatic heterocycles. The lowest BCUT2D eigenvalue weighted by molar-refractivity contribution is -0.138. The van der Waals surface area contributed by atoms with E-state index >= 15 is 0 Å². The number of carbonyl (C=O) groups excluding carboxylic acids is 1. The first-order chi connectivity index (χ1) is 14.7. The molecule has 1 atom stereocenters. The highest BCUT2D eigenvalue weighted by molar-refractivity contribution is 8.00. The number of nitrogens with zero attached hydrogens (tertiary/aromatic N) is 3. The van der Waals surface area contributed by atoms with Crippen molar-refractivity contribution in [1.82, 2.24) is 9.80 Å². The molecule has 0 unspecified atom stereocenters. The van der Waals surface area contributed by atoms with Gasteiger partial charge in [-0.15, -0.1) is 4.40 Å². The molecule has 0 N–H and O–H groups in total. The molecular formula is C24H33N3O3S. The summed E-state index contributed by atoms with van der Waals surface area (Å²) in [6, 6.07) is 5.74. The van der Waals surface area contributed by atoms with Crippen LogP contribution in [0, 0.1) is 25.7 Å². The highest BCUT2D eigenvalue weighted by atomic mass is 32.2. The van der Waals surface area contributed by atoms with Crippen molar-refractivity contribution in [2.75, 3.05) is 26.2 Å². The topological polar surface area (TPSA) is 70.0 Å². The van der Waals surface area contributed by atoms with Crippen LogP contribution in [0.2, 0.25) is 0 Å². The summed E-state index contributed by atoms with van der Waals surface area (Å²) in [4.78, 5) is 17.4. The van der Waals surface area contributed by atoms with Gasteiger partial charge in [0.15, 0.2) is 0 Å². The van der Waals surface area contributed by atoms with Gasteiger partial charge < -0.3 is 9.80 Å². The fourth-order valence-electron chi connectivity index (χ4n) is 5.05. The molecule has 31 heavy (non-hydrogen) atoms. The van der Waals surface area contributed by atoms with Crippen molar-refractivity contribution in [1.29, 1.82) is 0 Å². The Bertz CT molecular complexity index is 1050. The van der Waals surface area contributed by atoms with E-state index < -0.39 is 10.0 Å². The van der Waals surface area contributed by atoms with E-state index in [1.165, 1.54) is 6.42 Å². The van der Waals surface area contributed by atoms with Gasteiger partial charge >= 0.3 is 0 Å². The Balaban J connectivity index is 1.49. The maximum Gasteiger partial charge on any atom is 0.285 e. The number of sulfonamides is 1. The van der Waals surface area contributed by atoms with Gasteiger partial charge in [0, 0.05) is 37.7 Å². The Hall–Kier alpha value is -2.15. The molecule has 0 bridgehead atoms. The summed E-state index contributed by atoms with van der Waals surface area (Å²) in [6.45, 7) is 11.1. The lowest BCUT2D eigenvalue weighted by Gasteiger charge is -2.37. The summed E-state index contributed by atoms with van der Waals surface area (Å²) in [5.74, 6) is 1.43. The van der Waals surface area contributed by atoms with Crippen molar-refractivity contribution in [3.05, 3.63) is 40.5 Å². The van der Waals surface area contributed by atoms with E-state index in [1.54, 1.807) is 0 Å². The summed E-state index contributed by atoms with van der Waals surface area (Å²) in [5.41, 5.74) is 3.60. The van der Waals surface area contributed by atoms with Gasteiger partial charge in [-0.25, -0.2) is 0 Å². The summed E-state index contributed by atoms with van der Waals surface area (Å²) in [7, 11) is -3.72. The molecule has 1 aromatic rings. The Morgan fingerprint density at radius 3 is 2.39 bits per heavy atom. The molecule has 2 fully saturated rings. The predicted molar refractivity (Wildman–Crippen MR) is 124 cm³/mol. The average molecular weight is 444 g/mol. The summed E-state index contributed by atoms with van der Waals surface area (Å²) >= 11 is 0. The number of amides is 1. The van der Waals surface area contributed by atoms with Gasteiger partial charge in [-0.05, 0) is 69.1 Å². The average Bonchev–Trinajstić information content (AvgIpc) is 2.98. The fraction of sp³-hybridized carbons (Fsp3) is 0.583. The zero-order valence-electron chi connectivity index (χ0n) is 19.0. The molecule has 6 nitrogen and oxygen atoms in total. The van der Waals surface area contributed by atoms with E-state index in [1.807, 2.05) is 48.8 Å². The molecular weight excluding hydrogens is 410 g/mol. The number of benzene rings is 1. The number of likely N-dealkylation sites (tertiary alicyclic amines) is 2. The second-order valence-corrected chi connectivity index (χ2v) is 11.0. The SMILES string of the molecule is CC1=C(c2ccc(C)c(C)c2)S(=O)(=O)N=C1N1CCC(C(=O)N2CCC[C@@H](C)C2)CC1. The second kappa shape index (κ2) is 8.41. The minimum atomic E-state index is -3.72. The summed E-state index contributed by atoms with van der Waals surface area (Å²) < 4.78 is 29.9. The van der Waals surface area contributed by atoms with Crippen molar-refractivity contribution in [3.8, 4) is 0 Å². The van der Waals surface area contributed by atoms with Crippen LogP contribution in [-0.2, 0) is 14.8 Å². The molecule has 1 amide bonds. The molecule has 2 saturated heterocycles. The van der Waals surface area contributed by atoms with Crippen LogP contribution in [0.1, 0.15) is 56.2 Å². The quantitative estimate of drug-likeness (QED) is 0.698. The number of hydrogen-bond donors (Lipinski definition) is 0. The third-order valence-corrected chi connectivity index (χ3v) is 8.49. The molecule has 0 saturated carbocycles. The number of aryl methyl sites for hydroxylation is 2. The first-order valence-electron chi connectivity index (χ1n) is 11.3. The smallest absolute Gasteiger partial charge is 0.285 e. The predicted octanol–water partition coefficient (Wildman–Crippen LogP) is 3.75. The van der Waals surface area contributed by atoms with Crippen LogP contribution in [0.3, 0.4) is 0 Å². The Morgan fingerprint density at radius 2 is 1.74 bits per heavy atom. The Kier molecular flexibility index (Phi) is 5.99. The first kappa shape index (κ1) is 22.1. The monoisotopic (exact) mass is 443 g/mol. The highest BCUT2D eigenvalue weighted by Crippen LogP contribution is 2.35. The zero-order chi connectivity index (χ0) is 22.3. The van der Waals surface area contributed by atoms with Crippen molar-refractivity contribution < 1.29 is 13.2 Å². The maximum absolute atomic E-state index is 13.0. The largest absolute Gasteiger partial charge is 0.356 e. The molecule has 7 heteroatoms. The third-order valence-electron chi connectivity index (χ3n) is 7.02. The number of hydrogen-bond acceptors (Lipinski definition) is 4. The van der Waals surface area contributed by atoms with Gasteiger partial charge in [0.1, 0.15) is 10.7 Å². The standard InChI is InChI=1S/C24H33N3O3S/c1-16-6-5-11-27(15-16)24(28)20-9-12-26(13-10-20)23-19(4)22(31(29,30)25-23)21-8-7-17(2)18(3)14-21/h7-8,14,16,20H,5-6,9-13,15H2,1-4H3/t16-/m1/s1. The number of rotatable bonds is 2. The van der Waals surface area contributed by atoms with Crippen molar-refractivity contribution in [3.63, 3.8) is 0 Å². The Morgan fingerprint density at radius 1 is 1.03 bits per heavy atom. The number of piperidine rings is 2. The van der Waals surface area contributed by atoms with E-state index in [2.05, 4.69) is 11.3 Å². The van der Waals surface area contributed by atoms with E-state index in [4.69, 9.17) is 0 Å². The van der Waals surface area contributed by atoms with Gasteiger partial charge in [0.25, 0.3) is 10.0 Å². The van der Waals surface area contributed by atoms with E-state index in [0.29, 0.717) is 40.9 Å². The van der Waals surface area contributed by atoms with Crippen molar-refractivity contribution >= 4 is 26.7 Å². The van der Waals surface area contributed by atoms with Crippen LogP contribution in [0.25, 0.3) is 4.91 Å². The first-order valence-corrected chi connectivity index (χ1v) is 12.8. The Labute approximate surface area is 186 Å². The fourth-order valence-corrected chi connectivity index (χ4v) is 6.53. The van der Waals surface area contributed by atoms with Gasteiger partial charge in [-0.1, -0.05) is 25.1 Å². The summed E-state index contributed by atoms with van der Waals surface area (Å²) in [6.07, 6.45) is 3.78. The third kappa shape index (κ3) is 4.29. The van der Waals surface area contributed by atoms with Crippen molar-refractivity contribution in [2.24, 2.45) is 16.2 Å². The minimum Gasteiger partial charge on any atom is -0.356 e. The molecule has 0 spiro atoms. The van der Waals surface area contributed by atoms with Crippen LogP contribution in [0.15, 0.2) is 28.2 Å². The number of amidine groups is 1. The van der Waals surface area contributed by atoms with Gasteiger partial charge in [0.05, 0.1) is 0 Å². The normalized spacial score (nSPS) is 24.5. The summed E-state index contributed by atoms with van der Waals surface area (Å²) in [5, 5.41) is 0. The molecule has 3 aliphatic rings. The van der Waals surface area contributed by atoms with Crippen LogP contribution in [0.4, 0.5) is 0 Å². The molecule has 3 heterocycles. The van der Waals surface area contributed by atoms with Gasteiger partial charge in [-0.3, -0.25) is 4.79 Å². The van der Waals surface area contributed by atoms with Crippen LogP contribution in [-0.4, -0.2) is 56.1 Å². The molecule has 1 aromatic carbocycles. The molecule has 4 rings (SSSR count). The molecule has 3 aliphatic heterocycles. The minimum absolute atomic E-state index is 0.0312. The van der Waals surface area contributed by atoms with E-state index in [0.717, 1.165) is 43.5 Å². The van der Waals surface area contributed by atoms with Crippen LogP contribution >= 0.6 is 0 Å². The number of carbonyl (C=O) groups is 1. The van der Waals surface area contributed by atoms with E-state index in [-0.39, 0.29) is 11.8 Å². The molecule has 0 radical (unpaired) electrons. The lowest BCUT2D eigenvalue weighted by atomic mass is 9.92. The maximum atomic E-state index is 13.0. The van der Waals surface area contributed by atoms with Crippen LogP contribution < -0.4 is 0 Å². The van der Waals surface area contributed by atoms with Gasteiger partial charge in [-0.2, -0.15) is 8.42 Å². The molecule has 0 aliphatic carbocycles.